The molecule has 15 heavy (non-hydrogen) atoms. The molecule has 1 saturated carbocycles. The van der Waals surface area contributed by atoms with Crippen LogP contribution in [0.3, 0.4) is 0 Å². The molecule has 2 N–H and O–H groups in total. The Morgan fingerprint density at radius 2 is 1.87 bits per heavy atom. The number of piperidine rings is 1. The maximum absolute atomic E-state index is 11.2. The molecule has 1 aliphatic heterocycles. The van der Waals surface area contributed by atoms with E-state index in [4.69, 9.17) is 5.14 Å². The SMILES string of the molecule is CC1CCC2(CCN(S(N)(=O)=O)CC2)C1. The van der Waals surface area contributed by atoms with Gasteiger partial charge in [0.25, 0.3) is 10.2 Å². The first kappa shape index (κ1) is 11.4. The molecule has 1 saturated heterocycles. The molecule has 0 amide bonds. The van der Waals surface area contributed by atoms with Gasteiger partial charge in [0.1, 0.15) is 0 Å². The van der Waals surface area contributed by atoms with Crippen LogP contribution in [0.2, 0.25) is 0 Å². The summed E-state index contributed by atoms with van der Waals surface area (Å²) in [6.45, 7) is 3.53. The number of nitrogens with zero attached hydrogens (tertiary/aromatic N) is 1. The van der Waals surface area contributed by atoms with Gasteiger partial charge in [0.15, 0.2) is 0 Å². The quantitative estimate of drug-likeness (QED) is 0.735. The lowest BCUT2D eigenvalue weighted by molar-refractivity contribution is 0.155. The summed E-state index contributed by atoms with van der Waals surface area (Å²) in [6.07, 6.45) is 5.83. The van der Waals surface area contributed by atoms with Gasteiger partial charge in [0, 0.05) is 13.1 Å². The summed E-state index contributed by atoms with van der Waals surface area (Å²) < 4.78 is 23.7. The van der Waals surface area contributed by atoms with Crippen LogP contribution in [-0.2, 0) is 10.2 Å². The van der Waals surface area contributed by atoms with E-state index < -0.39 is 10.2 Å². The monoisotopic (exact) mass is 232 g/mol. The van der Waals surface area contributed by atoms with E-state index in [2.05, 4.69) is 6.92 Å². The Balaban J connectivity index is 1.98. The van der Waals surface area contributed by atoms with E-state index in [0.29, 0.717) is 18.5 Å². The maximum Gasteiger partial charge on any atom is 0.276 e. The summed E-state index contributed by atoms with van der Waals surface area (Å²) in [5.74, 6) is 0.811. The predicted octanol–water partition coefficient (Wildman–Crippen LogP) is 1.09. The number of rotatable bonds is 1. The Morgan fingerprint density at radius 1 is 1.27 bits per heavy atom. The minimum Gasteiger partial charge on any atom is -0.216 e. The van der Waals surface area contributed by atoms with Gasteiger partial charge >= 0.3 is 0 Å². The average molecular weight is 232 g/mol. The fraction of sp³-hybridized carbons (Fsp3) is 1.00. The molecule has 1 spiro atoms. The van der Waals surface area contributed by atoms with E-state index in [-0.39, 0.29) is 0 Å². The predicted molar refractivity (Wildman–Crippen MR) is 59.4 cm³/mol. The zero-order valence-corrected chi connectivity index (χ0v) is 10.1. The molecular formula is C10H20N2O2S. The summed E-state index contributed by atoms with van der Waals surface area (Å²) in [5.41, 5.74) is 0.431. The van der Waals surface area contributed by atoms with Crippen molar-refractivity contribution in [3.8, 4) is 0 Å². The van der Waals surface area contributed by atoms with Crippen molar-refractivity contribution < 1.29 is 8.42 Å². The van der Waals surface area contributed by atoms with Gasteiger partial charge in [0.05, 0.1) is 0 Å². The highest BCUT2D eigenvalue weighted by Crippen LogP contribution is 2.48. The van der Waals surface area contributed by atoms with Gasteiger partial charge in [0.2, 0.25) is 0 Å². The largest absolute Gasteiger partial charge is 0.276 e. The van der Waals surface area contributed by atoms with Crippen LogP contribution in [0.25, 0.3) is 0 Å². The Morgan fingerprint density at radius 3 is 2.27 bits per heavy atom. The van der Waals surface area contributed by atoms with Gasteiger partial charge < -0.3 is 0 Å². The molecule has 1 heterocycles. The normalized spacial score (nSPS) is 32.3. The fourth-order valence-corrected chi connectivity index (χ4v) is 3.86. The van der Waals surface area contributed by atoms with Crippen molar-refractivity contribution in [2.24, 2.45) is 16.5 Å². The summed E-state index contributed by atoms with van der Waals surface area (Å²) in [4.78, 5) is 0. The second kappa shape index (κ2) is 3.71. The van der Waals surface area contributed by atoms with Crippen LogP contribution in [0.4, 0.5) is 0 Å². The molecule has 0 aromatic heterocycles. The summed E-state index contributed by atoms with van der Waals surface area (Å²) in [5, 5.41) is 5.12. The second-order valence-electron chi connectivity index (χ2n) is 5.29. The Bertz CT molecular complexity index is 331. The van der Waals surface area contributed by atoms with E-state index in [1.54, 1.807) is 0 Å². The molecule has 2 aliphatic rings. The van der Waals surface area contributed by atoms with Crippen LogP contribution in [0.1, 0.15) is 39.0 Å². The molecule has 5 heteroatoms. The van der Waals surface area contributed by atoms with Crippen molar-refractivity contribution in [3.05, 3.63) is 0 Å². The molecular weight excluding hydrogens is 212 g/mol. The third-order valence-electron chi connectivity index (χ3n) is 4.09. The van der Waals surface area contributed by atoms with E-state index in [9.17, 15) is 8.42 Å². The topological polar surface area (TPSA) is 63.4 Å². The average Bonchev–Trinajstić information content (AvgIpc) is 2.47. The molecule has 1 atom stereocenters. The van der Waals surface area contributed by atoms with Crippen LogP contribution in [-0.4, -0.2) is 25.8 Å². The van der Waals surface area contributed by atoms with Crippen LogP contribution in [0.15, 0.2) is 0 Å². The third kappa shape index (κ3) is 2.34. The van der Waals surface area contributed by atoms with E-state index in [0.717, 1.165) is 18.8 Å². The zero-order chi connectivity index (χ0) is 11.1. The van der Waals surface area contributed by atoms with E-state index >= 15 is 0 Å². The van der Waals surface area contributed by atoms with Gasteiger partial charge in [-0.2, -0.15) is 12.7 Å². The highest BCUT2D eigenvalue weighted by atomic mass is 32.2. The van der Waals surface area contributed by atoms with Crippen molar-refractivity contribution in [1.29, 1.82) is 0 Å². The molecule has 0 aromatic rings. The lowest BCUT2D eigenvalue weighted by atomic mass is 9.77. The molecule has 1 unspecified atom stereocenters. The first-order valence-electron chi connectivity index (χ1n) is 5.69. The number of nitrogens with two attached hydrogens (primary N) is 1. The van der Waals surface area contributed by atoms with Crippen LogP contribution < -0.4 is 5.14 Å². The standard InChI is InChI=1S/C10H20N2O2S/c1-9-2-3-10(8-9)4-6-12(7-5-10)15(11,13)14/h9H,2-8H2,1H3,(H2,11,13,14). The molecule has 0 radical (unpaired) electrons. The van der Waals surface area contributed by atoms with Gasteiger partial charge in [-0.25, -0.2) is 5.14 Å². The minimum atomic E-state index is -3.45. The van der Waals surface area contributed by atoms with Crippen molar-refractivity contribution >= 4 is 10.2 Å². The summed E-state index contributed by atoms with van der Waals surface area (Å²) >= 11 is 0. The third-order valence-corrected chi connectivity index (χ3v) is 5.18. The van der Waals surface area contributed by atoms with Gasteiger partial charge in [-0.15, -0.1) is 0 Å². The van der Waals surface area contributed by atoms with Gasteiger partial charge in [-0.05, 0) is 37.0 Å². The van der Waals surface area contributed by atoms with E-state index in [1.165, 1.54) is 23.6 Å². The molecule has 0 bridgehead atoms. The zero-order valence-electron chi connectivity index (χ0n) is 9.28. The Hall–Kier alpha value is -0.130. The molecule has 2 fully saturated rings. The molecule has 88 valence electrons. The smallest absolute Gasteiger partial charge is 0.216 e. The number of hydrogen-bond donors (Lipinski definition) is 1. The molecule has 2 rings (SSSR count). The fourth-order valence-electron chi connectivity index (χ4n) is 3.17. The number of hydrogen-bond acceptors (Lipinski definition) is 2. The minimum absolute atomic E-state index is 0.431. The van der Waals surface area contributed by atoms with Crippen LogP contribution >= 0.6 is 0 Å². The Kier molecular flexibility index (Phi) is 2.81. The van der Waals surface area contributed by atoms with Crippen molar-refractivity contribution in [3.63, 3.8) is 0 Å². The summed E-state index contributed by atoms with van der Waals surface area (Å²) in [7, 11) is -3.45. The highest BCUT2D eigenvalue weighted by molar-refractivity contribution is 7.86. The Labute approximate surface area is 92.0 Å². The molecule has 4 nitrogen and oxygen atoms in total. The van der Waals surface area contributed by atoms with Crippen LogP contribution in [0.5, 0.6) is 0 Å². The summed E-state index contributed by atoms with van der Waals surface area (Å²) in [6, 6.07) is 0. The molecule has 0 aromatic carbocycles. The van der Waals surface area contributed by atoms with Gasteiger partial charge in [-0.1, -0.05) is 13.3 Å². The van der Waals surface area contributed by atoms with Crippen LogP contribution in [0, 0.1) is 11.3 Å². The van der Waals surface area contributed by atoms with Gasteiger partial charge in [-0.3, -0.25) is 0 Å². The first-order valence-corrected chi connectivity index (χ1v) is 7.20. The van der Waals surface area contributed by atoms with Crippen molar-refractivity contribution in [2.75, 3.05) is 13.1 Å². The molecule has 1 aliphatic carbocycles. The second-order valence-corrected chi connectivity index (χ2v) is 6.84. The van der Waals surface area contributed by atoms with Crippen molar-refractivity contribution in [1.82, 2.24) is 4.31 Å². The lowest BCUT2D eigenvalue weighted by Crippen LogP contribution is -2.45. The first-order chi connectivity index (χ1) is 6.91. The highest BCUT2D eigenvalue weighted by Gasteiger charge is 2.41. The maximum atomic E-state index is 11.2. The van der Waals surface area contributed by atoms with Crippen molar-refractivity contribution in [2.45, 2.75) is 39.0 Å². The van der Waals surface area contributed by atoms with E-state index in [1.807, 2.05) is 0 Å². The lowest BCUT2D eigenvalue weighted by Gasteiger charge is -2.38.